The van der Waals surface area contributed by atoms with Crippen molar-refractivity contribution in [3.05, 3.63) is 29.8 Å². The third kappa shape index (κ3) is 5.63. The normalized spacial score (nSPS) is 12.9. The van der Waals surface area contributed by atoms with Gasteiger partial charge in [0.1, 0.15) is 0 Å². The summed E-state index contributed by atoms with van der Waals surface area (Å²) in [4.78, 5) is 0.428. The second-order valence-electron chi connectivity index (χ2n) is 6.57. The Morgan fingerprint density at radius 1 is 1.10 bits per heavy atom. The molecule has 20 heavy (non-hydrogen) atoms. The first-order chi connectivity index (χ1) is 9.12. The van der Waals surface area contributed by atoms with E-state index in [0.29, 0.717) is 23.8 Å². The van der Waals surface area contributed by atoms with Gasteiger partial charge in [0.2, 0.25) is 0 Å². The molecule has 0 aliphatic carbocycles. The molecule has 0 heterocycles. The molecule has 0 amide bonds. The van der Waals surface area contributed by atoms with Gasteiger partial charge in [0.15, 0.2) is 9.84 Å². The summed E-state index contributed by atoms with van der Waals surface area (Å²) in [5, 5.41) is 3.31. The van der Waals surface area contributed by atoms with Crippen LogP contribution in [0.4, 0.5) is 0 Å². The van der Waals surface area contributed by atoms with E-state index in [1.54, 1.807) is 12.1 Å². The second-order valence-corrected chi connectivity index (χ2v) is 8.68. The highest BCUT2D eigenvalue weighted by Gasteiger charge is 2.15. The zero-order valence-electron chi connectivity index (χ0n) is 13.2. The highest BCUT2D eigenvalue weighted by molar-refractivity contribution is 7.91. The zero-order chi connectivity index (χ0) is 15.4. The third-order valence-corrected chi connectivity index (χ3v) is 4.97. The molecular formula is C16H27NO2S. The summed E-state index contributed by atoms with van der Waals surface area (Å²) in [5.41, 5.74) is 1.20. The van der Waals surface area contributed by atoms with Crippen LogP contribution in [0.25, 0.3) is 0 Å². The van der Waals surface area contributed by atoms with Gasteiger partial charge in [-0.15, -0.1) is 0 Å². The Kier molecular flexibility index (Phi) is 5.78. The quantitative estimate of drug-likeness (QED) is 0.819. The Labute approximate surface area is 123 Å². The van der Waals surface area contributed by atoms with Gasteiger partial charge < -0.3 is 5.32 Å². The van der Waals surface area contributed by atoms with Crippen molar-refractivity contribution in [2.24, 2.45) is 0 Å². The van der Waals surface area contributed by atoms with E-state index in [0.717, 1.165) is 0 Å². The summed E-state index contributed by atoms with van der Waals surface area (Å²) < 4.78 is 24.4. The van der Waals surface area contributed by atoms with Crippen molar-refractivity contribution in [1.82, 2.24) is 5.32 Å². The van der Waals surface area contributed by atoms with E-state index >= 15 is 0 Å². The fourth-order valence-electron chi connectivity index (χ4n) is 1.90. The van der Waals surface area contributed by atoms with E-state index < -0.39 is 9.84 Å². The SMILES string of the molecule is CC(C)c1ccc(S(=O)(=O)CCCNC(C)(C)C)cc1. The average Bonchev–Trinajstić information content (AvgIpc) is 2.34. The van der Waals surface area contributed by atoms with E-state index in [1.807, 2.05) is 12.1 Å². The smallest absolute Gasteiger partial charge is 0.178 e. The second kappa shape index (κ2) is 6.72. The van der Waals surface area contributed by atoms with Crippen molar-refractivity contribution >= 4 is 9.84 Å². The van der Waals surface area contributed by atoms with E-state index in [-0.39, 0.29) is 11.3 Å². The fourth-order valence-corrected chi connectivity index (χ4v) is 3.21. The van der Waals surface area contributed by atoms with Crippen molar-refractivity contribution in [3.8, 4) is 0 Å². The highest BCUT2D eigenvalue weighted by atomic mass is 32.2. The van der Waals surface area contributed by atoms with Gasteiger partial charge in [-0.1, -0.05) is 26.0 Å². The molecule has 0 bridgehead atoms. The van der Waals surface area contributed by atoms with Gasteiger partial charge in [0.25, 0.3) is 0 Å². The number of hydrogen-bond acceptors (Lipinski definition) is 3. The van der Waals surface area contributed by atoms with Gasteiger partial charge in [-0.3, -0.25) is 0 Å². The van der Waals surface area contributed by atoms with E-state index in [1.165, 1.54) is 5.56 Å². The minimum Gasteiger partial charge on any atom is -0.312 e. The Morgan fingerprint density at radius 2 is 1.65 bits per heavy atom. The number of benzene rings is 1. The lowest BCUT2D eigenvalue weighted by Gasteiger charge is -2.20. The summed E-state index contributed by atoms with van der Waals surface area (Å²) in [5.74, 6) is 0.611. The molecule has 0 aliphatic rings. The lowest BCUT2D eigenvalue weighted by molar-refractivity contribution is 0.426. The van der Waals surface area contributed by atoms with Gasteiger partial charge in [-0.25, -0.2) is 8.42 Å². The maximum Gasteiger partial charge on any atom is 0.178 e. The fraction of sp³-hybridized carbons (Fsp3) is 0.625. The first kappa shape index (κ1) is 17.2. The van der Waals surface area contributed by atoms with Gasteiger partial charge in [-0.05, 0) is 57.4 Å². The molecule has 4 heteroatoms. The third-order valence-electron chi connectivity index (χ3n) is 3.15. The van der Waals surface area contributed by atoms with E-state index in [2.05, 4.69) is 39.9 Å². The van der Waals surface area contributed by atoms with Crippen molar-refractivity contribution in [3.63, 3.8) is 0 Å². The van der Waals surface area contributed by atoms with Crippen LogP contribution in [-0.4, -0.2) is 26.3 Å². The molecule has 0 unspecified atom stereocenters. The van der Waals surface area contributed by atoms with Crippen LogP contribution < -0.4 is 5.32 Å². The zero-order valence-corrected chi connectivity index (χ0v) is 14.0. The number of sulfone groups is 1. The van der Waals surface area contributed by atoms with Crippen molar-refractivity contribution in [2.45, 2.75) is 57.4 Å². The average molecular weight is 297 g/mol. The topological polar surface area (TPSA) is 46.2 Å². The first-order valence-electron chi connectivity index (χ1n) is 7.19. The van der Waals surface area contributed by atoms with Crippen LogP contribution in [0.5, 0.6) is 0 Å². The molecular weight excluding hydrogens is 270 g/mol. The molecule has 0 radical (unpaired) electrons. The van der Waals surface area contributed by atoms with E-state index in [9.17, 15) is 8.42 Å². The lowest BCUT2D eigenvalue weighted by atomic mass is 10.0. The standard InChI is InChI=1S/C16H27NO2S/c1-13(2)14-7-9-15(10-8-14)20(18,19)12-6-11-17-16(3,4)5/h7-10,13,17H,6,11-12H2,1-5H3. The lowest BCUT2D eigenvalue weighted by Crippen LogP contribution is -2.36. The molecule has 114 valence electrons. The molecule has 0 aromatic heterocycles. The maximum atomic E-state index is 12.2. The van der Waals surface area contributed by atoms with Crippen LogP contribution in [0.1, 0.15) is 52.5 Å². The Balaban J connectivity index is 2.60. The molecule has 1 rings (SSSR count). The first-order valence-corrected chi connectivity index (χ1v) is 8.85. The molecule has 0 aliphatic heterocycles. The monoisotopic (exact) mass is 297 g/mol. The molecule has 1 aromatic rings. The number of rotatable bonds is 6. The van der Waals surface area contributed by atoms with Crippen LogP contribution in [0.15, 0.2) is 29.2 Å². The van der Waals surface area contributed by atoms with Crippen molar-refractivity contribution < 1.29 is 8.42 Å². The summed E-state index contributed by atoms with van der Waals surface area (Å²) in [6.07, 6.45) is 0.630. The molecule has 0 saturated carbocycles. The maximum absolute atomic E-state index is 12.2. The van der Waals surface area contributed by atoms with Gasteiger partial charge in [0.05, 0.1) is 10.6 Å². The van der Waals surface area contributed by atoms with Crippen LogP contribution in [-0.2, 0) is 9.84 Å². The molecule has 0 fully saturated rings. The Morgan fingerprint density at radius 3 is 2.10 bits per heavy atom. The van der Waals surface area contributed by atoms with Gasteiger partial charge >= 0.3 is 0 Å². The summed E-state index contributed by atoms with van der Waals surface area (Å²) >= 11 is 0. The van der Waals surface area contributed by atoms with Crippen molar-refractivity contribution in [1.29, 1.82) is 0 Å². The Bertz CT molecular complexity index is 510. The van der Waals surface area contributed by atoms with Crippen LogP contribution in [0.2, 0.25) is 0 Å². The number of nitrogens with one attached hydrogen (secondary N) is 1. The molecule has 3 nitrogen and oxygen atoms in total. The van der Waals surface area contributed by atoms with Crippen LogP contribution in [0, 0.1) is 0 Å². The van der Waals surface area contributed by atoms with Gasteiger partial charge in [-0.2, -0.15) is 0 Å². The van der Waals surface area contributed by atoms with Gasteiger partial charge in [0, 0.05) is 5.54 Å². The number of hydrogen-bond donors (Lipinski definition) is 1. The largest absolute Gasteiger partial charge is 0.312 e. The summed E-state index contributed by atoms with van der Waals surface area (Å²) in [6, 6.07) is 7.26. The van der Waals surface area contributed by atoms with E-state index in [4.69, 9.17) is 0 Å². The summed E-state index contributed by atoms with van der Waals surface area (Å²) in [7, 11) is -3.16. The highest BCUT2D eigenvalue weighted by Crippen LogP contribution is 2.18. The Hall–Kier alpha value is -0.870. The molecule has 0 spiro atoms. The molecule has 1 N–H and O–H groups in total. The van der Waals surface area contributed by atoms with Crippen LogP contribution >= 0.6 is 0 Å². The molecule has 0 saturated heterocycles. The molecule has 1 aromatic carbocycles. The minimum absolute atomic E-state index is 0.0304. The predicted molar refractivity (Wildman–Crippen MR) is 85.0 cm³/mol. The summed E-state index contributed by atoms with van der Waals surface area (Å²) in [6.45, 7) is 11.1. The minimum atomic E-state index is -3.16. The van der Waals surface area contributed by atoms with Crippen molar-refractivity contribution in [2.75, 3.05) is 12.3 Å². The predicted octanol–water partition coefficient (Wildman–Crippen LogP) is 3.36. The molecule has 0 atom stereocenters. The van der Waals surface area contributed by atoms with Crippen LogP contribution in [0.3, 0.4) is 0 Å².